The van der Waals surface area contributed by atoms with Crippen LogP contribution < -0.4 is 10.6 Å². The average molecular weight is 310 g/mol. The molecule has 0 atom stereocenters. The fourth-order valence-electron chi connectivity index (χ4n) is 2.28. The van der Waals surface area contributed by atoms with Gasteiger partial charge >= 0.3 is 6.03 Å². The summed E-state index contributed by atoms with van der Waals surface area (Å²) in [6.07, 6.45) is 3.79. The monoisotopic (exact) mass is 310 g/mol. The standard InChI is InChI=1S/C14H22N4O2S/c1-11-10-21-12(17-11)9-16-14(20)15-6-8-18-7-4-2-3-5-13(18)19/h10H,2-9H2,1H3,(H2,15,16,20). The first-order valence-electron chi connectivity index (χ1n) is 7.35. The van der Waals surface area contributed by atoms with Crippen LogP contribution in [-0.4, -0.2) is 41.5 Å². The summed E-state index contributed by atoms with van der Waals surface area (Å²) in [5.41, 5.74) is 0.969. The molecule has 6 nitrogen and oxygen atoms in total. The third-order valence-electron chi connectivity index (χ3n) is 3.41. The first-order valence-corrected chi connectivity index (χ1v) is 8.23. The van der Waals surface area contributed by atoms with Gasteiger partial charge in [-0.15, -0.1) is 11.3 Å². The first-order chi connectivity index (χ1) is 10.1. The molecule has 0 radical (unpaired) electrons. The highest BCUT2D eigenvalue weighted by atomic mass is 32.1. The Kier molecular flexibility index (Phi) is 5.98. The molecule has 0 spiro atoms. The van der Waals surface area contributed by atoms with Crippen molar-refractivity contribution in [1.82, 2.24) is 20.5 Å². The summed E-state index contributed by atoms with van der Waals surface area (Å²) in [6.45, 7) is 4.24. The highest BCUT2D eigenvalue weighted by molar-refractivity contribution is 7.09. The predicted octanol–water partition coefficient (Wildman–Crippen LogP) is 1.65. The summed E-state index contributed by atoms with van der Waals surface area (Å²) in [6, 6.07) is -0.217. The molecular formula is C14H22N4O2S. The molecule has 3 amide bonds. The highest BCUT2D eigenvalue weighted by Crippen LogP contribution is 2.10. The molecule has 2 N–H and O–H groups in total. The van der Waals surface area contributed by atoms with Gasteiger partial charge in [0.05, 0.1) is 6.54 Å². The van der Waals surface area contributed by atoms with Crippen molar-refractivity contribution in [3.63, 3.8) is 0 Å². The van der Waals surface area contributed by atoms with Crippen molar-refractivity contribution in [1.29, 1.82) is 0 Å². The van der Waals surface area contributed by atoms with Crippen LogP contribution in [0.15, 0.2) is 5.38 Å². The van der Waals surface area contributed by atoms with E-state index in [2.05, 4.69) is 15.6 Å². The van der Waals surface area contributed by atoms with Gasteiger partial charge in [0.2, 0.25) is 5.91 Å². The highest BCUT2D eigenvalue weighted by Gasteiger charge is 2.16. The van der Waals surface area contributed by atoms with Gasteiger partial charge < -0.3 is 15.5 Å². The third kappa shape index (κ3) is 5.34. The molecular weight excluding hydrogens is 288 g/mol. The van der Waals surface area contributed by atoms with E-state index in [0.717, 1.165) is 36.5 Å². The molecule has 116 valence electrons. The Morgan fingerprint density at radius 3 is 3.00 bits per heavy atom. The number of thiazole rings is 1. The number of aryl methyl sites for hydroxylation is 1. The van der Waals surface area contributed by atoms with Gasteiger partial charge in [0.15, 0.2) is 0 Å². The summed E-state index contributed by atoms with van der Waals surface area (Å²) >= 11 is 1.53. The molecule has 0 unspecified atom stereocenters. The largest absolute Gasteiger partial charge is 0.341 e. The second-order valence-electron chi connectivity index (χ2n) is 5.18. The molecule has 1 aromatic rings. The molecule has 0 aliphatic carbocycles. The molecule has 2 heterocycles. The van der Waals surface area contributed by atoms with Crippen LogP contribution in [0.5, 0.6) is 0 Å². The van der Waals surface area contributed by atoms with Gasteiger partial charge in [-0.25, -0.2) is 9.78 Å². The minimum absolute atomic E-state index is 0.202. The first kappa shape index (κ1) is 15.8. The number of carbonyl (C=O) groups excluding carboxylic acids is 2. The summed E-state index contributed by atoms with van der Waals surface area (Å²) in [7, 11) is 0. The predicted molar refractivity (Wildman–Crippen MR) is 82.1 cm³/mol. The molecule has 0 aromatic carbocycles. The van der Waals surface area contributed by atoms with Crippen LogP contribution >= 0.6 is 11.3 Å². The van der Waals surface area contributed by atoms with Crippen LogP contribution in [0.2, 0.25) is 0 Å². The molecule has 1 fully saturated rings. The van der Waals surface area contributed by atoms with E-state index in [9.17, 15) is 9.59 Å². The normalized spacial score (nSPS) is 15.7. The van der Waals surface area contributed by atoms with Crippen LogP contribution in [0.25, 0.3) is 0 Å². The van der Waals surface area contributed by atoms with Crippen LogP contribution in [0.4, 0.5) is 4.79 Å². The summed E-state index contributed by atoms with van der Waals surface area (Å²) in [5, 5.41) is 8.40. The fraction of sp³-hybridized carbons (Fsp3) is 0.643. The summed E-state index contributed by atoms with van der Waals surface area (Å²) in [4.78, 5) is 29.6. The van der Waals surface area contributed by atoms with Gasteiger partial charge in [-0.1, -0.05) is 6.42 Å². The lowest BCUT2D eigenvalue weighted by Gasteiger charge is -2.20. The van der Waals surface area contributed by atoms with Crippen LogP contribution in [0.3, 0.4) is 0 Å². The Hall–Kier alpha value is -1.63. The number of aromatic nitrogens is 1. The lowest BCUT2D eigenvalue weighted by atomic mass is 10.2. The number of rotatable bonds is 5. The lowest BCUT2D eigenvalue weighted by Crippen LogP contribution is -2.41. The number of nitrogens with zero attached hydrogens (tertiary/aromatic N) is 2. The Labute approximate surface area is 128 Å². The van der Waals surface area contributed by atoms with Crippen molar-refractivity contribution in [3.8, 4) is 0 Å². The average Bonchev–Trinajstić information content (AvgIpc) is 2.77. The van der Waals surface area contributed by atoms with Gasteiger partial charge in [0.25, 0.3) is 0 Å². The second-order valence-corrected chi connectivity index (χ2v) is 6.13. The molecule has 0 saturated carbocycles. The summed E-state index contributed by atoms with van der Waals surface area (Å²) in [5.74, 6) is 0.202. The van der Waals surface area contributed by atoms with Crippen LogP contribution in [-0.2, 0) is 11.3 Å². The van der Waals surface area contributed by atoms with Gasteiger partial charge in [-0.2, -0.15) is 0 Å². The quantitative estimate of drug-likeness (QED) is 0.868. The second kappa shape index (κ2) is 7.97. The summed E-state index contributed by atoms with van der Waals surface area (Å²) < 4.78 is 0. The zero-order valence-corrected chi connectivity index (χ0v) is 13.2. The van der Waals surface area contributed by atoms with E-state index in [-0.39, 0.29) is 11.9 Å². The van der Waals surface area contributed by atoms with E-state index >= 15 is 0 Å². The molecule has 2 rings (SSSR count). The number of hydrogen-bond donors (Lipinski definition) is 2. The molecule has 21 heavy (non-hydrogen) atoms. The van der Waals surface area contributed by atoms with E-state index < -0.39 is 0 Å². The van der Waals surface area contributed by atoms with Crippen molar-refractivity contribution in [2.75, 3.05) is 19.6 Å². The molecule has 1 aliphatic rings. The number of nitrogens with one attached hydrogen (secondary N) is 2. The number of amides is 3. The molecule has 1 aromatic heterocycles. The van der Waals surface area contributed by atoms with Crippen molar-refractivity contribution in [2.24, 2.45) is 0 Å². The van der Waals surface area contributed by atoms with Gasteiger partial charge in [0, 0.05) is 37.1 Å². The Morgan fingerprint density at radius 1 is 1.38 bits per heavy atom. The Morgan fingerprint density at radius 2 is 2.24 bits per heavy atom. The maximum atomic E-state index is 11.8. The molecule has 0 bridgehead atoms. The van der Waals surface area contributed by atoms with Gasteiger partial charge in [-0.3, -0.25) is 4.79 Å². The third-order valence-corrected chi connectivity index (χ3v) is 4.37. The van der Waals surface area contributed by atoms with Crippen LogP contribution in [0, 0.1) is 6.92 Å². The Balaban J connectivity index is 1.63. The Bertz CT molecular complexity index is 489. The zero-order chi connectivity index (χ0) is 15.1. The molecule has 1 saturated heterocycles. The van der Waals surface area contributed by atoms with E-state index in [4.69, 9.17) is 0 Å². The van der Waals surface area contributed by atoms with E-state index in [1.807, 2.05) is 17.2 Å². The lowest BCUT2D eigenvalue weighted by molar-refractivity contribution is -0.130. The van der Waals surface area contributed by atoms with Crippen molar-refractivity contribution < 1.29 is 9.59 Å². The minimum Gasteiger partial charge on any atom is -0.341 e. The van der Waals surface area contributed by atoms with Crippen LogP contribution in [0.1, 0.15) is 36.4 Å². The number of carbonyl (C=O) groups is 2. The van der Waals surface area contributed by atoms with E-state index in [1.54, 1.807) is 0 Å². The number of urea groups is 1. The maximum absolute atomic E-state index is 11.8. The minimum atomic E-state index is -0.217. The van der Waals surface area contributed by atoms with Gasteiger partial charge in [0.1, 0.15) is 5.01 Å². The van der Waals surface area contributed by atoms with E-state index in [1.165, 1.54) is 11.3 Å². The van der Waals surface area contributed by atoms with E-state index in [0.29, 0.717) is 26.1 Å². The smallest absolute Gasteiger partial charge is 0.315 e. The van der Waals surface area contributed by atoms with Crippen molar-refractivity contribution >= 4 is 23.3 Å². The SMILES string of the molecule is Cc1csc(CNC(=O)NCCN2CCCCCC2=O)n1. The topological polar surface area (TPSA) is 74.3 Å². The molecule has 1 aliphatic heterocycles. The maximum Gasteiger partial charge on any atom is 0.315 e. The molecule has 7 heteroatoms. The number of likely N-dealkylation sites (tertiary alicyclic amines) is 1. The van der Waals surface area contributed by atoms with Crippen molar-refractivity contribution in [2.45, 2.75) is 39.2 Å². The number of hydrogen-bond acceptors (Lipinski definition) is 4. The van der Waals surface area contributed by atoms with Gasteiger partial charge in [-0.05, 0) is 19.8 Å². The zero-order valence-electron chi connectivity index (χ0n) is 12.4. The van der Waals surface area contributed by atoms with Crippen molar-refractivity contribution in [3.05, 3.63) is 16.1 Å². The fourth-order valence-corrected chi connectivity index (χ4v) is 2.99.